The van der Waals surface area contributed by atoms with Crippen molar-refractivity contribution in [2.24, 2.45) is 0 Å². The second-order valence-corrected chi connectivity index (χ2v) is 2.21. The molecule has 0 aliphatic rings. The standard InChI is InChI=1S/C5H8O2Si/c1-4(2)5(6)3-8-7/h7H,1,3H2,2H3. The van der Waals surface area contributed by atoms with E-state index in [0.29, 0.717) is 5.57 Å². The molecule has 0 saturated carbocycles. The van der Waals surface area contributed by atoms with Crippen LogP contribution in [-0.4, -0.2) is 20.3 Å². The molecule has 0 fully saturated rings. The molecule has 44 valence electrons. The van der Waals surface area contributed by atoms with Crippen LogP contribution in [0.4, 0.5) is 0 Å². The summed E-state index contributed by atoms with van der Waals surface area (Å²) >= 11 is 0. The molecule has 0 aromatic heterocycles. The highest BCUT2D eigenvalue weighted by Gasteiger charge is 1.99. The van der Waals surface area contributed by atoms with Gasteiger partial charge in [0.05, 0.1) is 0 Å². The molecule has 0 amide bonds. The Kier molecular flexibility index (Phi) is 3.39. The highest BCUT2D eigenvalue weighted by atomic mass is 28.2. The fourth-order valence-corrected chi connectivity index (χ4v) is 0.668. The van der Waals surface area contributed by atoms with Gasteiger partial charge in [-0.15, -0.1) is 0 Å². The Balaban J connectivity index is 3.49. The summed E-state index contributed by atoms with van der Waals surface area (Å²) < 4.78 is 0. The first-order valence-corrected chi connectivity index (χ1v) is 3.39. The second-order valence-electron chi connectivity index (χ2n) is 1.54. The maximum Gasteiger partial charge on any atom is 0.232 e. The predicted molar refractivity (Wildman–Crippen MR) is 32.6 cm³/mol. The number of hydrogen-bond acceptors (Lipinski definition) is 2. The van der Waals surface area contributed by atoms with Crippen LogP contribution in [0.5, 0.6) is 0 Å². The van der Waals surface area contributed by atoms with Crippen molar-refractivity contribution in [2.45, 2.75) is 13.0 Å². The molecule has 0 spiro atoms. The number of Topliss-reactive ketones (excluding diaryl/α,β-unsaturated/α-hetero) is 1. The first-order valence-electron chi connectivity index (χ1n) is 2.24. The van der Waals surface area contributed by atoms with Crippen LogP contribution in [0.15, 0.2) is 12.2 Å². The third-order valence-electron chi connectivity index (χ3n) is 0.716. The van der Waals surface area contributed by atoms with Crippen LogP contribution in [0.1, 0.15) is 6.92 Å². The fraction of sp³-hybridized carbons (Fsp3) is 0.400. The zero-order valence-corrected chi connectivity index (χ0v) is 5.77. The van der Waals surface area contributed by atoms with E-state index >= 15 is 0 Å². The van der Waals surface area contributed by atoms with Crippen LogP contribution in [0, 0.1) is 0 Å². The molecule has 8 heavy (non-hydrogen) atoms. The Morgan fingerprint density at radius 2 is 2.38 bits per heavy atom. The van der Waals surface area contributed by atoms with Gasteiger partial charge in [0.15, 0.2) is 5.78 Å². The largest absolute Gasteiger partial charge is 0.431 e. The van der Waals surface area contributed by atoms with E-state index in [2.05, 4.69) is 6.58 Å². The number of rotatable bonds is 3. The smallest absolute Gasteiger partial charge is 0.232 e. The van der Waals surface area contributed by atoms with E-state index in [1.54, 1.807) is 6.92 Å². The van der Waals surface area contributed by atoms with Gasteiger partial charge in [-0.3, -0.25) is 4.79 Å². The van der Waals surface area contributed by atoms with Crippen molar-refractivity contribution < 1.29 is 9.59 Å². The summed E-state index contributed by atoms with van der Waals surface area (Å²) in [6.07, 6.45) is 0. The first-order chi connectivity index (χ1) is 3.68. The molecule has 2 nitrogen and oxygen atoms in total. The molecular weight excluding hydrogens is 120 g/mol. The van der Waals surface area contributed by atoms with E-state index in [4.69, 9.17) is 4.80 Å². The lowest BCUT2D eigenvalue weighted by Crippen LogP contribution is -2.01. The number of carbonyl (C=O) groups is 1. The van der Waals surface area contributed by atoms with Crippen molar-refractivity contribution in [1.82, 2.24) is 0 Å². The molecule has 0 aromatic carbocycles. The first kappa shape index (κ1) is 7.59. The fourth-order valence-electron chi connectivity index (χ4n) is 0.223. The Hall–Kier alpha value is -0.413. The van der Waals surface area contributed by atoms with Crippen LogP contribution in [0.3, 0.4) is 0 Å². The molecule has 0 atom stereocenters. The van der Waals surface area contributed by atoms with Gasteiger partial charge in [-0.05, 0) is 12.5 Å². The minimum absolute atomic E-state index is 0.0502. The molecule has 0 unspecified atom stereocenters. The van der Waals surface area contributed by atoms with E-state index in [1.807, 2.05) is 0 Å². The van der Waals surface area contributed by atoms with Gasteiger partial charge < -0.3 is 4.80 Å². The molecule has 0 heterocycles. The second kappa shape index (κ2) is 3.57. The quantitative estimate of drug-likeness (QED) is 0.434. The molecule has 0 rings (SSSR count). The molecule has 3 heteroatoms. The summed E-state index contributed by atoms with van der Waals surface area (Å²) in [7, 11) is -0.279. The van der Waals surface area contributed by atoms with Crippen molar-refractivity contribution in [2.75, 3.05) is 0 Å². The number of hydrogen-bond donors (Lipinski definition) is 1. The zero-order chi connectivity index (χ0) is 6.57. The lowest BCUT2D eigenvalue weighted by Gasteiger charge is -1.90. The summed E-state index contributed by atoms with van der Waals surface area (Å²) in [6.45, 7) is 5.06. The van der Waals surface area contributed by atoms with Crippen molar-refractivity contribution in [1.29, 1.82) is 0 Å². The lowest BCUT2D eigenvalue weighted by atomic mass is 10.2. The van der Waals surface area contributed by atoms with Gasteiger partial charge in [-0.1, -0.05) is 6.58 Å². The normalized spacial score (nSPS) is 8.75. The van der Waals surface area contributed by atoms with Crippen LogP contribution < -0.4 is 0 Å². The Bertz CT molecular complexity index is 109. The van der Waals surface area contributed by atoms with Gasteiger partial charge >= 0.3 is 0 Å². The summed E-state index contributed by atoms with van der Waals surface area (Å²) in [6, 6.07) is 0.231. The molecule has 1 N–H and O–H groups in total. The zero-order valence-electron chi connectivity index (χ0n) is 4.77. The highest BCUT2D eigenvalue weighted by Crippen LogP contribution is 1.92. The van der Waals surface area contributed by atoms with E-state index in [0.717, 1.165) is 0 Å². The van der Waals surface area contributed by atoms with Gasteiger partial charge in [0.25, 0.3) is 0 Å². The molecule has 0 aliphatic carbocycles. The molecule has 0 aliphatic heterocycles. The van der Waals surface area contributed by atoms with Crippen molar-refractivity contribution >= 4 is 15.5 Å². The van der Waals surface area contributed by atoms with Crippen molar-refractivity contribution in [3.63, 3.8) is 0 Å². The van der Waals surface area contributed by atoms with Gasteiger partial charge in [-0.2, -0.15) is 0 Å². The average molecular weight is 128 g/mol. The van der Waals surface area contributed by atoms with E-state index < -0.39 is 0 Å². The third kappa shape index (κ3) is 2.71. The molecular formula is C5H8O2Si. The van der Waals surface area contributed by atoms with E-state index in [-0.39, 0.29) is 21.6 Å². The van der Waals surface area contributed by atoms with E-state index in [1.165, 1.54) is 0 Å². The Morgan fingerprint density at radius 3 is 2.50 bits per heavy atom. The summed E-state index contributed by atoms with van der Waals surface area (Å²) in [5.41, 5.74) is 0.520. The summed E-state index contributed by atoms with van der Waals surface area (Å²) in [4.78, 5) is 18.7. The summed E-state index contributed by atoms with van der Waals surface area (Å²) in [5, 5.41) is 0. The number of ketones is 1. The molecule has 0 saturated heterocycles. The Morgan fingerprint density at radius 1 is 1.88 bits per heavy atom. The predicted octanol–water partition coefficient (Wildman–Crippen LogP) is 0.161. The van der Waals surface area contributed by atoms with Crippen molar-refractivity contribution in [3.05, 3.63) is 12.2 Å². The lowest BCUT2D eigenvalue weighted by molar-refractivity contribution is -0.113. The maximum atomic E-state index is 10.5. The van der Waals surface area contributed by atoms with Gasteiger partial charge in [0.2, 0.25) is 9.76 Å². The van der Waals surface area contributed by atoms with Crippen LogP contribution in [0.2, 0.25) is 6.04 Å². The molecule has 2 radical (unpaired) electrons. The van der Waals surface area contributed by atoms with Crippen LogP contribution >= 0.6 is 0 Å². The monoisotopic (exact) mass is 128 g/mol. The topological polar surface area (TPSA) is 37.3 Å². The third-order valence-corrected chi connectivity index (χ3v) is 1.19. The van der Waals surface area contributed by atoms with E-state index in [9.17, 15) is 4.79 Å². The maximum absolute atomic E-state index is 10.5. The SMILES string of the molecule is C=C(C)C(=O)C[Si]O. The van der Waals surface area contributed by atoms with Gasteiger partial charge in [-0.25, -0.2) is 0 Å². The molecule has 0 bridgehead atoms. The minimum atomic E-state index is -0.279. The van der Waals surface area contributed by atoms with Crippen LogP contribution in [-0.2, 0) is 4.79 Å². The molecule has 0 aromatic rings. The van der Waals surface area contributed by atoms with Gasteiger partial charge in [0.1, 0.15) is 0 Å². The highest BCUT2D eigenvalue weighted by molar-refractivity contribution is 6.34. The van der Waals surface area contributed by atoms with Crippen molar-refractivity contribution in [3.8, 4) is 0 Å². The number of carbonyl (C=O) groups excluding carboxylic acids is 1. The van der Waals surface area contributed by atoms with Crippen LogP contribution in [0.25, 0.3) is 0 Å². The summed E-state index contributed by atoms with van der Waals surface area (Å²) in [5.74, 6) is -0.0502. The number of allylic oxidation sites excluding steroid dienone is 1. The Labute approximate surface area is 51.2 Å². The average Bonchev–Trinajstić information content (AvgIpc) is 1.67. The minimum Gasteiger partial charge on any atom is -0.431 e. The van der Waals surface area contributed by atoms with Gasteiger partial charge in [0, 0.05) is 6.04 Å².